The predicted molar refractivity (Wildman–Crippen MR) is 93.9 cm³/mol. The second-order valence-electron chi connectivity index (χ2n) is 5.32. The molecule has 116 valence electrons. The summed E-state index contributed by atoms with van der Waals surface area (Å²) in [5, 5.41) is 2.94. The van der Waals surface area contributed by atoms with E-state index in [9.17, 15) is 4.79 Å². The van der Waals surface area contributed by atoms with Gasteiger partial charge in [0, 0.05) is 15.7 Å². The lowest BCUT2D eigenvalue weighted by Gasteiger charge is -2.17. The number of benzene rings is 2. The normalized spacial score (nSPS) is 11.9. The minimum absolute atomic E-state index is 0.0707. The van der Waals surface area contributed by atoms with Gasteiger partial charge in [-0.2, -0.15) is 0 Å². The molecule has 0 aliphatic heterocycles. The van der Waals surface area contributed by atoms with Crippen LogP contribution >= 0.6 is 15.9 Å². The van der Waals surface area contributed by atoms with Gasteiger partial charge in [0.15, 0.2) is 0 Å². The van der Waals surface area contributed by atoms with Crippen molar-refractivity contribution in [2.45, 2.75) is 19.9 Å². The molecule has 4 heteroatoms. The number of quaternary nitrogens is 1. The van der Waals surface area contributed by atoms with Crippen molar-refractivity contribution < 1.29 is 9.69 Å². The Hall–Kier alpha value is -1.65. The molecular weight excluding hydrogens is 340 g/mol. The molecule has 0 fully saturated rings. The summed E-state index contributed by atoms with van der Waals surface area (Å²) in [6.07, 6.45) is 0.534. The van der Waals surface area contributed by atoms with Crippen molar-refractivity contribution in [1.82, 2.24) is 0 Å². The van der Waals surface area contributed by atoms with Crippen LogP contribution < -0.4 is 10.2 Å². The van der Waals surface area contributed by atoms with Crippen molar-refractivity contribution in [1.29, 1.82) is 0 Å². The lowest BCUT2D eigenvalue weighted by molar-refractivity contribution is -0.911. The van der Waals surface area contributed by atoms with Crippen molar-refractivity contribution in [3.05, 3.63) is 64.6 Å². The highest BCUT2D eigenvalue weighted by molar-refractivity contribution is 9.10. The standard InChI is InChI=1S/C18H21BrN2O/c1-2-21(14-15-6-4-3-5-7-15)13-12-18(22)20-17-10-8-16(19)9-11-17/h3-11H,2,12-14H2,1H3,(H,20,22)/p+1. The summed E-state index contributed by atoms with van der Waals surface area (Å²) < 4.78 is 1.01. The van der Waals surface area contributed by atoms with Gasteiger partial charge in [-0.05, 0) is 31.2 Å². The van der Waals surface area contributed by atoms with Gasteiger partial charge in [-0.25, -0.2) is 0 Å². The molecule has 0 spiro atoms. The van der Waals surface area contributed by atoms with E-state index >= 15 is 0 Å². The molecule has 2 rings (SSSR count). The van der Waals surface area contributed by atoms with E-state index in [1.54, 1.807) is 0 Å². The van der Waals surface area contributed by atoms with E-state index in [2.05, 4.69) is 52.4 Å². The highest BCUT2D eigenvalue weighted by Crippen LogP contribution is 2.14. The quantitative estimate of drug-likeness (QED) is 0.780. The molecule has 0 saturated heterocycles. The van der Waals surface area contributed by atoms with Gasteiger partial charge >= 0.3 is 0 Å². The number of nitrogens with one attached hydrogen (secondary N) is 2. The minimum Gasteiger partial charge on any atom is -0.331 e. The van der Waals surface area contributed by atoms with E-state index in [1.165, 1.54) is 10.5 Å². The maximum atomic E-state index is 12.0. The van der Waals surface area contributed by atoms with Crippen LogP contribution in [-0.4, -0.2) is 19.0 Å². The number of anilines is 1. The average molecular weight is 362 g/mol. The molecular formula is C18H22BrN2O+. The van der Waals surface area contributed by atoms with Crippen LogP contribution in [0.25, 0.3) is 0 Å². The number of amides is 1. The Morgan fingerprint density at radius 2 is 1.77 bits per heavy atom. The molecule has 0 radical (unpaired) electrons. The first-order valence-electron chi connectivity index (χ1n) is 7.60. The molecule has 0 aliphatic carbocycles. The molecule has 0 saturated carbocycles. The van der Waals surface area contributed by atoms with E-state index < -0.39 is 0 Å². The minimum atomic E-state index is 0.0707. The summed E-state index contributed by atoms with van der Waals surface area (Å²) >= 11 is 3.39. The highest BCUT2D eigenvalue weighted by Gasteiger charge is 2.10. The van der Waals surface area contributed by atoms with Gasteiger partial charge in [-0.3, -0.25) is 4.79 Å². The van der Waals surface area contributed by atoms with Crippen LogP contribution in [0.3, 0.4) is 0 Å². The fourth-order valence-corrected chi connectivity index (χ4v) is 2.59. The zero-order valence-corrected chi connectivity index (χ0v) is 14.4. The molecule has 0 aromatic heterocycles. The Bertz CT molecular complexity index is 584. The number of carbonyl (C=O) groups excluding carboxylic acids is 1. The van der Waals surface area contributed by atoms with Crippen molar-refractivity contribution in [3.63, 3.8) is 0 Å². The summed E-state index contributed by atoms with van der Waals surface area (Å²) in [5.74, 6) is 0.0707. The molecule has 2 N–H and O–H groups in total. The van der Waals surface area contributed by atoms with Crippen LogP contribution in [-0.2, 0) is 11.3 Å². The Morgan fingerprint density at radius 3 is 2.41 bits per heavy atom. The van der Waals surface area contributed by atoms with E-state index in [4.69, 9.17) is 0 Å². The Kier molecular flexibility index (Phi) is 6.62. The summed E-state index contributed by atoms with van der Waals surface area (Å²) in [7, 11) is 0. The van der Waals surface area contributed by atoms with Crippen LogP contribution in [0.2, 0.25) is 0 Å². The Balaban J connectivity index is 1.79. The first-order chi connectivity index (χ1) is 10.7. The zero-order valence-electron chi connectivity index (χ0n) is 12.8. The Morgan fingerprint density at radius 1 is 1.09 bits per heavy atom. The highest BCUT2D eigenvalue weighted by atomic mass is 79.9. The second-order valence-corrected chi connectivity index (χ2v) is 6.24. The zero-order chi connectivity index (χ0) is 15.8. The fraction of sp³-hybridized carbons (Fsp3) is 0.278. The average Bonchev–Trinajstić information content (AvgIpc) is 2.54. The predicted octanol–water partition coefficient (Wildman–Crippen LogP) is 2.88. The fourth-order valence-electron chi connectivity index (χ4n) is 2.32. The monoisotopic (exact) mass is 361 g/mol. The van der Waals surface area contributed by atoms with Crippen molar-refractivity contribution in [2.75, 3.05) is 18.4 Å². The van der Waals surface area contributed by atoms with Gasteiger partial charge < -0.3 is 10.2 Å². The van der Waals surface area contributed by atoms with Crippen LogP contribution in [0.4, 0.5) is 5.69 Å². The molecule has 1 unspecified atom stereocenters. The molecule has 2 aromatic carbocycles. The molecule has 0 aliphatic rings. The van der Waals surface area contributed by atoms with Crippen LogP contribution in [0, 0.1) is 0 Å². The third-order valence-corrected chi connectivity index (χ3v) is 4.16. The lowest BCUT2D eigenvalue weighted by atomic mass is 10.2. The van der Waals surface area contributed by atoms with Crippen LogP contribution in [0.1, 0.15) is 18.9 Å². The maximum absolute atomic E-state index is 12.0. The largest absolute Gasteiger partial charge is 0.331 e. The second kappa shape index (κ2) is 8.71. The van der Waals surface area contributed by atoms with Crippen LogP contribution in [0.5, 0.6) is 0 Å². The SMILES string of the molecule is CC[NH+](CCC(=O)Nc1ccc(Br)cc1)Cc1ccccc1. The number of rotatable bonds is 7. The van der Waals surface area contributed by atoms with E-state index in [0.717, 1.165) is 29.8 Å². The smallest absolute Gasteiger partial charge is 0.230 e. The van der Waals surface area contributed by atoms with Crippen molar-refractivity contribution >= 4 is 27.5 Å². The number of carbonyl (C=O) groups is 1. The number of halogens is 1. The molecule has 22 heavy (non-hydrogen) atoms. The van der Waals surface area contributed by atoms with Crippen molar-refractivity contribution in [3.8, 4) is 0 Å². The molecule has 3 nitrogen and oxygen atoms in total. The van der Waals surface area contributed by atoms with Gasteiger partial charge in [0.2, 0.25) is 5.91 Å². The van der Waals surface area contributed by atoms with E-state index in [-0.39, 0.29) is 5.91 Å². The number of hydrogen-bond acceptors (Lipinski definition) is 1. The third kappa shape index (κ3) is 5.62. The molecule has 1 atom stereocenters. The molecule has 0 heterocycles. The van der Waals surface area contributed by atoms with E-state index in [1.807, 2.05) is 30.3 Å². The van der Waals surface area contributed by atoms with Crippen LogP contribution in [0.15, 0.2) is 59.1 Å². The lowest BCUT2D eigenvalue weighted by Crippen LogP contribution is -3.10. The first-order valence-corrected chi connectivity index (χ1v) is 8.39. The van der Waals surface area contributed by atoms with Gasteiger partial charge in [-0.1, -0.05) is 46.3 Å². The Labute approximate surface area is 140 Å². The van der Waals surface area contributed by atoms with Gasteiger partial charge in [-0.15, -0.1) is 0 Å². The van der Waals surface area contributed by atoms with Gasteiger partial charge in [0.1, 0.15) is 6.54 Å². The topological polar surface area (TPSA) is 33.5 Å². The van der Waals surface area contributed by atoms with E-state index in [0.29, 0.717) is 6.42 Å². The molecule has 1 amide bonds. The maximum Gasteiger partial charge on any atom is 0.230 e. The van der Waals surface area contributed by atoms with Gasteiger partial charge in [0.05, 0.1) is 19.5 Å². The van der Waals surface area contributed by atoms with Gasteiger partial charge in [0.25, 0.3) is 0 Å². The summed E-state index contributed by atoms with van der Waals surface area (Å²) in [6.45, 7) is 4.97. The summed E-state index contributed by atoms with van der Waals surface area (Å²) in [6, 6.07) is 18.1. The summed E-state index contributed by atoms with van der Waals surface area (Å²) in [5.41, 5.74) is 2.15. The first kappa shape index (κ1) is 16.7. The molecule has 0 bridgehead atoms. The van der Waals surface area contributed by atoms with Crippen molar-refractivity contribution in [2.24, 2.45) is 0 Å². The molecule has 2 aromatic rings. The number of hydrogen-bond donors (Lipinski definition) is 2. The third-order valence-electron chi connectivity index (χ3n) is 3.63. The summed E-state index contributed by atoms with van der Waals surface area (Å²) in [4.78, 5) is 13.4.